The maximum Gasteiger partial charge on any atom is 0.292 e. The van der Waals surface area contributed by atoms with E-state index in [1.165, 1.54) is 10.6 Å². The zero-order chi connectivity index (χ0) is 17.1. The van der Waals surface area contributed by atoms with Crippen LogP contribution < -0.4 is 10.5 Å². The summed E-state index contributed by atoms with van der Waals surface area (Å²) in [6, 6.07) is 6.81. The second-order valence-corrected chi connectivity index (χ2v) is 5.67. The van der Waals surface area contributed by atoms with E-state index in [-0.39, 0.29) is 16.2 Å². The lowest BCUT2D eigenvalue weighted by atomic mass is 10.1. The number of hydrogen-bond acceptors (Lipinski definition) is 4. The Hall–Kier alpha value is -2.63. The molecule has 122 valence electrons. The van der Waals surface area contributed by atoms with Gasteiger partial charge in [-0.15, -0.1) is 0 Å². The number of anilines is 1. The van der Waals surface area contributed by atoms with Crippen molar-refractivity contribution < 1.29 is 4.92 Å². The first-order valence-electron chi connectivity index (χ1n) is 7.55. The molecule has 2 aromatic rings. The highest BCUT2D eigenvalue weighted by molar-refractivity contribution is 5.69. The summed E-state index contributed by atoms with van der Waals surface area (Å²) in [6.45, 7) is 6.25. The molecule has 1 heterocycles. The van der Waals surface area contributed by atoms with Crippen molar-refractivity contribution in [1.29, 1.82) is 0 Å². The lowest BCUT2D eigenvalue weighted by Gasteiger charge is -2.20. The average Bonchev–Trinajstić information content (AvgIpc) is 2.50. The number of benzene rings is 1. The molecule has 0 spiro atoms. The molecule has 0 aliphatic carbocycles. The van der Waals surface area contributed by atoms with Crippen molar-refractivity contribution >= 4 is 11.4 Å². The van der Waals surface area contributed by atoms with E-state index in [1.54, 1.807) is 38.2 Å². The third kappa shape index (κ3) is 3.26. The van der Waals surface area contributed by atoms with Crippen molar-refractivity contribution in [1.82, 2.24) is 4.57 Å². The first-order chi connectivity index (χ1) is 10.9. The van der Waals surface area contributed by atoms with Gasteiger partial charge in [-0.05, 0) is 38.0 Å². The number of aromatic nitrogens is 1. The Morgan fingerprint density at radius 2 is 1.96 bits per heavy atom. The SMILES string of the molecule is CCCN(C)c1cc(-n2cccc(C)c2=O)c(C)cc1[N+](=O)[O-]. The first kappa shape index (κ1) is 16.7. The molecule has 0 saturated carbocycles. The molecule has 0 radical (unpaired) electrons. The van der Waals surface area contributed by atoms with Gasteiger partial charge in [-0.1, -0.05) is 13.0 Å². The zero-order valence-corrected chi connectivity index (χ0v) is 13.9. The Morgan fingerprint density at radius 1 is 1.26 bits per heavy atom. The minimum Gasteiger partial charge on any atom is -0.369 e. The Labute approximate surface area is 135 Å². The van der Waals surface area contributed by atoms with Crippen LogP contribution in [0.3, 0.4) is 0 Å². The van der Waals surface area contributed by atoms with Gasteiger partial charge in [-0.25, -0.2) is 0 Å². The van der Waals surface area contributed by atoms with Crippen LogP contribution in [-0.4, -0.2) is 23.1 Å². The Balaban J connectivity index is 2.71. The molecule has 1 aromatic heterocycles. The number of rotatable bonds is 5. The van der Waals surface area contributed by atoms with Gasteiger partial charge in [0.15, 0.2) is 0 Å². The highest BCUT2D eigenvalue weighted by atomic mass is 16.6. The van der Waals surface area contributed by atoms with E-state index in [2.05, 4.69) is 0 Å². The molecule has 1 aromatic carbocycles. The van der Waals surface area contributed by atoms with Crippen molar-refractivity contribution in [3.63, 3.8) is 0 Å². The van der Waals surface area contributed by atoms with Gasteiger partial charge in [0.2, 0.25) is 0 Å². The van der Waals surface area contributed by atoms with Crippen LogP contribution in [0, 0.1) is 24.0 Å². The predicted molar refractivity (Wildman–Crippen MR) is 91.7 cm³/mol. The van der Waals surface area contributed by atoms with Crippen LogP contribution in [0.2, 0.25) is 0 Å². The van der Waals surface area contributed by atoms with E-state index in [1.807, 2.05) is 18.9 Å². The third-order valence-corrected chi connectivity index (χ3v) is 3.86. The summed E-state index contributed by atoms with van der Waals surface area (Å²) >= 11 is 0. The highest BCUT2D eigenvalue weighted by Crippen LogP contribution is 2.32. The monoisotopic (exact) mass is 315 g/mol. The summed E-state index contributed by atoms with van der Waals surface area (Å²) in [7, 11) is 1.82. The largest absolute Gasteiger partial charge is 0.369 e. The summed E-state index contributed by atoms with van der Waals surface area (Å²) < 4.78 is 1.54. The summed E-state index contributed by atoms with van der Waals surface area (Å²) in [5.41, 5.74) is 2.45. The maximum atomic E-state index is 12.4. The molecule has 23 heavy (non-hydrogen) atoms. The molecule has 0 bridgehead atoms. The Morgan fingerprint density at radius 3 is 2.57 bits per heavy atom. The standard InChI is InChI=1S/C17H21N3O3/c1-5-8-18(4)15-11-14(13(3)10-16(15)20(22)23)19-9-6-7-12(2)17(19)21/h6-7,9-11H,5,8H2,1-4H3. The molecule has 0 saturated heterocycles. The smallest absolute Gasteiger partial charge is 0.292 e. The van der Waals surface area contributed by atoms with Crippen LogP contribution >= 0.6 is 0 Å². The van der Waals surface area contributed by atoms with Crippen LogP contribution in [0.25, 0.3) is 5.69 Å². The van der Waals surface area contributed by atoms with Crippen molar-refractivity contribution in [2.24, 2.45) is 0 Å². The molecule has 6 nitrogen and oxygen atoms in total. The topological polar surface area (TPSA) is 68.4 Å². The van der Waals surface area contributed by atoms with Gasteiger partial charge >= 0.3 is 0 Å². The number of pyridine rings is 1. The summed E-state index contributed by atoms with van der Waals surface area (Å²) in [5, 5.41) is 11.4. The molecule has 6 heteroatoms. The summed E-state index contributed by atoms with van der Waals surface area (Å²) in [5.74, 6) is 0. The van der Waals surface area contributed by atoms with E-state index in [0.29, 0.717) is 29.0 Å². The van der Waals surface area contributed by atoms with Gasteiger partial charge in [-0.3, -0.25) is 19.5 Å². The van der Waals surface area contributed by atoms with Crippen molar-refractivity contribution in [2.45, 2.75) is 27.2 Å². The number of aryl methyl sites for hydroxylation is 2. The lowest BCUT2D eigenvalue weighted by molar-refractivity contribution is -0.384. The molecule has 0 aliphatic rings. The fourth-order valence-electron chi connectivity index (χ4n) is 2.63. The van der Waals surface area contributed by atoms with Crippen molar-refractivity contribution in [3.8, 4) is 5.69 Å². The van der Waals surface area contributed by atoms with Crippen LogP contribution in [0.15, 0.2) is 35.3 Å². The number of nitrogens with zero attached hydrogens (tertiary/aromatic N) is 3. The Kier molecular flexibility index (Phi) is 4.83. The van der Waals surface area contributed by atoms with Crippen molar-refractivity contribution in [3.05, 3.63) is 62.1 Å². The normalized spacial score (nSPS) is 10.6. The molecule has 0 atom stereocenters. The molecule has 0 N–H and O–H groups in total. The molecular formula is C17H21N3O3. The lowest BCUT2D eigenvalue weighted by Crippen LogP contribution is -2.22. The third-order valence-electron chi connectivity index (χ3n) is 3.86. The first-order valence-corrected chi connectivity index (χ1v) is 7.55. The van der Waals surface area contributed by atoms with Gasteiger partial charge in [0.1, 0.15) is 5.69 Å². The Bertz CT molecular complexity index is 796. The van der Waals surface area contributed by atoms with E-state index in [4.69, 9.17) is 0 Å². The fourth-order valence-corrected chi connectivity index (χ4v) is 2.63. The number of nitro groups is 1. The van der Waals surface area contributed by atoms with Crippen LogP contribution in [0.5, 0.6) is 0 Å². The zero-order valence-electron chi connectivity index (χ0n) is 13.9. The minimum absolute atomic E-state index is 0.0582. The molecule has 0 unspecified atom stereocenters. The van der Waals surface area contributed by atoms with Gasteiger partial charge in [0, 0.05) is 31.4 Å². The molecule has 0 amide bonds. The molecule has 0 fully saturated rings. The van der Waals surface area contributed by atoms with E-state index in [0.717, 1.165) is 6.42 Å². The van der Waals surface area contributed by atoms with Crippen LogP contribution in [0.4, 0.5) is 11.4 Å². The fraction of sp³-hybridized carbons (Fsp3) is 0.353. The second kappa shape index (κ2) is 6.64. The maximum absolute atomic E-state index is 12.4. The molecule has 2 rings (SSSR count). The van der Waals surface area contributed by atoms with E-state index >= 15 is 0 Å². The quantitative estimate of drug-likeness (QED) is 0.627. The van der Waals surface area contributed by atoms with Gasteiger partial charge in [-0.2, -0.15) is 0 Å². The number of hydrogen-bond donors (Lipinski definition) is 0. The highest BCUT2D eigenvalue weighted by Gasteiger charge is 2.20. The molecular weight excluding hydrogens is 294 g/mol. The van der Waals surface area contributed by atoms with Crippen LogP contribution in [0.1, 0.15) is 24.5 Å². The van der Waals surface area contributed by atoms with Crippen molar-refractivity contribution in [2.75, 3.05) is 18.5 Å². The minimum atomic E-state index is -0.378. The summed E-state index contributed by atoms with van der Waals surface area (Å²) in [6.07, 6.45) is 2.56. The van der Waals surface area contributed by atoms with E-state index in [9.17, 15) is 14.9 Å². The van der Waals surface area contributed by atoms with Gasteiger partial charge in [0.05, 0.1) is 10.6 Å². The van der Waals surface area contributed by atoms with Gasteiger partial charge < -0.3 is 4.90 Å². The predicted octanol–water partition coefficient (Wildman–Crippen LogP) is 3.21. The van der Waals surface area contributed by atoms with Crippen LogP contribution in [-0.2, 0) is 0 Å². The number of nitro benzene ring substituents is 1. The van der Waals surface area contributed by atoms with Gasteiger partial charge in [0.25, 0.3) is 11.2 Å². The second-order valence-electron chi connectivity index (χ2n) is 5.67. The summed E-state index contributed by atoms with van der Waals surface area (Å²) in [4.78, 5) is 25.2. The molecule has 0 aliphatic heterocycles. The average molecular weight is 315 g/mol. The van der Waals surface area contributed by atoms with E-state index < -0.39 is 0 Å².